The SMILES string of the molecule is Cn1c(N2CC[C@H](NC(=O)c3cn(C4CC4)cn3)C2)cc(=O)n(C)c1=O. The van der Waals surface area contributed by atoms with Crippen LogP contribution in [-0.4, -0.2) is 43.7 Å². The number of nitrogens with one attached hydrogen (secondary N) is 1. The molecule has 0 bridgehead atoms. The van der Waals surface area contributed by atoms with E-state index in [2.05, 4.69) is 10.3 Å². The fourth-order valence-electron chi connectivity index (χ4n) is 3.40. The third-order valence-corrected chi connectivity index (χ3v) is 5.15. The molecule has 2 aromatic rings. The lowest BCUT2D eigenvalue weighted by molar-refractivity contribution is 0.0935. The van der Waals surface area contributed by atoms with Gasteiger partial charge in [0.05, 0.1) is 6.33 Å². The Morgan fingerprint density at radius 2 is 1.96 bits per heavy atom. The van der Waals surface area contributed by atoms with E-state index in [9.17, 15) is 14.4 Å². The van der Waals surface area contributed by atoms with Crippen LogP contribution in [0.5, 0.6) is 0 Å². The summed E-state index contributed by atoms with van der Waals surface area (Å²) in [4.78, 5) is 42.6. The maximum atomic E-state index is 12.4. The van der Waals surface area contributed by atoms with E-state index in [-0.39, 0.29) is 23.2 Å². The first kappa shape index (κ1) is 16.6. The highest BCUT2D eigenvalue weighted by molar-refractivity contribution is 5.92. The number of hydrogen-bond donors (Lipinski definition) is 1. The van der Waals surface area contributed by atoms with E-state index in [4.69, 9.17) is 0 Å². The molecule has 1 saturated heterocycles. The maximum Gasteiger partial charge on any atom is 0.332 e. The molecule has 26 heavy (non-hydrogen) atoms. The second-order valence-electron chi connectivity index (χ2n) is 7.08. The van der Waals surface area contributed by atoms with E-state index in [1.807, 2.05) is 9.47 Å². The average Bonchev–Trinajstić information content (AvgIpc) is 3.17. The molecule has 2 fully saturated rings. The lowest BCUT2D eigenvalue weighted by Crippen LogP contribution is -2.41. The zero-order chi connectivity index (χ0) is 18.4. The van der Waals surface area contributed by atoms with Gasteiger partial charge in [-0.3, -0.25) is 18.7 Å². The molecule has 0 aromatic carbocycles. The van der Waals surface area contributed by atoms with Gasteiger partial charge in [-0.05, 0) is 19.3 Å². The summed E-state index contributed by atoms with van der Waals surface area (Å²) in [6, 6.07) is 1.91. The number of hydrogen-bond acceptors (Lipinski definition) is 5. The highest BCUT2D eigenvalue weighted by Gasteiger charge is 2.28. The Bertz CT molecular complexity index is 968. The topological polar surface area (TPSA) is 94.2 Å². The molecule has 1 aliphatic carbocycles. The van der Waals surface area contributed by atoms with E-state index >= 15 is 0 Å². The first-order valence-corrected chi connectivity index (χ1v) is 8.80. The van der Waals surface area contributed by atoms with Crippen molar-refractivity contribution in [2.45, 2.75) is 31.3 Å². The number of amides is 1. The van der Waals surface area contributed by atoms with Crippen LogP contribution >= 0.6 is 0 Å². The van der Waals surface area contributed by atoms with Crippen molar-refractivity contribution in [3.63, 3.8) is 0 Å². The summed E-state index contributed by atoms with van der Waals surface area (Å²) in [5.41, 5.74) is -0.261. The van der Waals surface area contributed by atoms with Crippen molar-refractivity contribution < 1.29 is 4.79 Å². The van der Waals surface area contributed by atoms with Crippen molar-refractivity contribution in [1.29, 1.82) is 0 Å². The summed E-state index contributed by atoms with van der Waals surface area (Å²) >= 11 is 0. The first-order chi connectivity index (χ1) is 12.4. The predicted molar refractivity (Wildman–Crippen MR) is 95.5 cm³/mol. The van der Waals surface area contributed by atoms with Crippen molar-refractivity contribution in [3.8, 4) is 0 Å². The number of carbonyl (C=O) groups is 1. The van der Waals surface area contributed by atoms with Crippen LogP contribution in [0.1, 0.15) is 35.8 Å². The van der Waals surface area contributed by atoms with Crippen LogP contribution in [-0.2, 0) is 14.1 Å². The molecule has 1 amide bonds. The molecule has 2 aromatic heterocycles. The Balaban J connectivity index is 1.44. The van der Waals surface area contributed by atoms with Crippen LogP contribution in [0.3, 0.4) is 0 Å². The smallest absolute Gasteiger partial charge is 0.332 e. The van der Waals surface area contributed by atoms with Crippen LogP contribution in [0.4, 0.5) is 5.82 Å². The Morgan fingerprint density at radius 1 is 1.19 bits per heavy atom. The van der Waals surface area contributed by atoms with Crippen molar-refractivity contribution in [3.05, 3.63) is 45.1 Å². The summed E-state index contributed by atoms with van der Waals surface area (Å²) in [5.74, 6) is 0.391. The highest BCUT2D eigenvalue weighted by atomic mass is 16.2. The quantitative estimate of drug-likeness (QED) is 0.804. The van der Waals surface area contributed by atoms with Gasteiger partial charge in [0.15, 0.2) is 0 Å². The zero-order valence-corrected chi connectivity index (χ0v) is 14.9. The van der Waals surface area contributed by atoms with Gasteiger partial charge in [0.2, 0.25) is 0 Å². The van der Waals surface area contributed by atoms with Crippen LogP contribution in [0.25, 0.3) is 0 Å². The van der Waals surface area contributed by atoms with Gasteiger partial charge in [0, 0.05) is 51.5 Å². The second kappa shape index (κ2) is 6.15. The molecule has 138 valence electrons. The van der Waals surface area contributed by atoms with Crippen molar-refractivity contribution in [2.75, 3.05) is 18.0 Å². The van der Waals surface area contributed by atoms with Crippen LogP contribution in [0.2, 0.25) is 0 Å². The Labute approximate surface area is 149 Å². The summed E-state index contributed by atoms with van der Waals surface area (Å²) in [6.45, 7) is 1.22. The molecular weight excluding hydrogens is 336 g/mol. The van der Waals surface area contributed by atoms with Crippen LogP contribution in [0.15, 0.2) is 28.2 Å². The molecule has 3 heterocycles. The molecule has 1 N–H and O–H groups in total. The molecule has 9 nitrogen and oxygen atoms in total. The third kappa shape index (κ3) is 2.93. The fourth-order valence-corrected chi connectivity index (χ4v) is 3.40. The van der Waals surface area contributed by atoms with Gasteiger partial charge in [0.25, 0.3) is 11.5 Å². The molecular formula is C17H22N6O3. The van der Waals surface area contributed by atoms with E-state index in [0.29, 0.717) is 30.6 Å². The monoisotopic (exact) mass is 358 g/mol. The molecule has 0 unspecified atom stereocenters. The Morgan fingerprint density at radius 3 is 2.69 bits per heavy atom. The third-order valence-electron chi connectivity index (χ3n) is 5.15. The Hall–Kier alpha value is -2.84. The molecule has 1 atom stereocenters. The first-order valence-electron chi connectivity index (χ1n) is 8.80. The zero-order valence-electron chi connectivity index (χ0n) is 14.9. The predicted octanol–water partition coefficient (Wildman–Crippen LogP) is -0.376. The number of aromatic nitrogens is 4. The number of carbonyl (C=O) groups excluding carboxylic acids is 1. The van der Waals surface area contributed by atoms with E-state index in [0.717, 1.165) is 23.8 Å². The number of nitrogens with zero attached hydrogens (tertiary/aromatic N) is 5. The van der Waals surface area contributed by atoms with Crippen LogP contribution < -0.4 is 21.5 Å². The summed E-state index contributed by atoms with van der Waals surface area (Å²) < 4.78 is 4.53. The molecule has 9 heteroatoms. The van der Waals surface area contributed by atoms with Gasteiger partial charge in [-0.15, -0.1) is 0 Å². The molecule has 1 aliphatic heterocycles. The van der Waals surface area contributed by atoms with Gasteiger partial charge < -0.3 is 14.8 Å². The minimum Gasteiger partial charge on any atom is -0.356 e. The second-order valence-corrected chi connectivity index (χ2v) is 7.08. The lowest BCUT2D eigenvalue weighted by atomic mass is 10.2. The van der Waals surface area contributed by atoms with Gasteiger partial charge in [-0.2, -0.15) is 0 Å². The lowest BCUT2D eigenvalue weighted by Gasteiger charge is -2.21. The van der Waals surface area contributed by atoms with Gasteiger partial charge in [-0.25, -0.2) is 9.78 Å². The summed E-state index contributed by atoms with van der Waals surface area (Å²) in [7, 11) is 3.11. The minimum absolute atomic E-state index is 0.0484. The Kier molecular flexibility index (Phi) is 3.93. The molecule has 1 saturated carbocycles. The number of imidazole rings is 1. The van der Waals surface area contributed by atoms with E-state index < -0.39 is 0 Å². The summed E-state index contributed by atoms with van der Waals surface area (Å²) in [5, 5.41) is 3.00. The van der Waals surface area contributed by atoms with Gasteiger partial charge >= 0.3 is 5.69 Å². The minimum atomic E-state index is -0.356. The fraction of sp³-hybridized carbons (Fsp3) is 0.529. The van der Waals surface area contributed by atoms with Gasteiger partial charge in [0.1, 0.15) is 11.5 Å². The molecule has 4 rings (SSSR count). The molecule has 0 spiro atoms. The number of rotatable bonds is 4. The van der Waals surface area contributed by atoms with Crippen LogP contribution in [0, 0.1) is 0 Å². The van der Waals surface area contributed by atoms with Gasteiger partial charge in [-0.1, -0.05) is 0 Å². The average molecular weight is 358 g/mol. The normalized spacial score (nSPS) is 19.8. The maximum absolute atomic E-state index is 12.4. The molecule has 2 aliphatic rings. The standard InChI is InChI=1S/C17H22N6O3/c1-20-14(7-15(24)21(2)17(20)26)22-6-5-11(8-22)19-16(25)13-9-23(10-18-13)12-3-4-12/h7,9-12H,3-6,8H2,1-2H3,(H,19,25)/t11-/m0/s1. The van der Waals surface area contributed by atoms with Crippen molar-refractivity contribution in [2.24, 2.45) is 14.1 Å². The van der Waals surface area contributed by atoms with E-state index in [1.165, 1.54) is 17.7 Å². The van der Waals surface area contributed by atoms with E-state index in [1.54, 1.807) is 19.6 Å². The summed E-state index contributed by atoms with van der Waals surface area (Å²) in [6.07, 6.45) is 6.54. The number of anilines is 1. The molecule has 0 radical (unpaired) electrons. The van der Waals surface area contributed by atoms with Crippen molar-refractivity contribution in [1.82, 2.24) is 24.0 Å². The highest BCUT2D eigenvalue weighted by Crippen LogP contribution is 2.34. The van der Waals surface area contributed by atoms with Crippen molar-refractivity contribution >= 4 is 11.7 Å². The largest absolute Gasteiger partial charge is 0.356 e.